The summed E-state index contributed by atoms with van der Waals surface area (Å²) < 4.78 is 0. The molecule has 3 unspecified atom stereocenters. The molecule has 57 heavy (non-hydrogen) atoms. The Morgan fingerprint density at radius 2 is 1.25 bits per heavy atom. The molecular weight excluding hydrogens is 749 g/mol. The summed E-state index contributed by atoms with van der Waals surface area (Å²) in [5.74, 6) is -0.0217. The molecule has 1 fully saturated rings. The first-order chi connectivity index (χ1) is 27.9. The molecule has 0 bridgehead atoms. The summed E-state index contributed by atoms with van der Waals surface area (Å²) in [4.78, 5) is 39.2. The maximum absolute atomic E-state index is 12.7. The SMILES string of the molecule is CNC(=O)c1ccccc1SC1=Cc2n[nH]c(C3C(c4ccccn4)C(c4[nH]nc5cc(Sc6ccccc6C(=O)NC)ccc45)C3c3ccccn3)c2CC1C. The molecule has 4 heterocycles. The van der Waals surface area contributed by atoms with Crippen LogP contribution in [0.3, 0.4) is 0 Å². The average molecular weight is 789 g/mol. The van der Waals surface area contributed by atoms with Crippen molar-refractivity contribution in [3.8, 4) is 0 Å². The Morgan fingerprint density at radius 1 is 0.667 bits per heavy atom. The highest BCUT2D eigenvalue weighted by Gasteiger charge is 2.56. The largest absolute Gasteiger partial charge is 0.355 e. The molecule has 0 saturated heterocycles. The third-order valence-electron chi connectivity index (χ3n) is 11.2. The molecule has 0 aliphatic heterocycles. The van der Waals surface area contributed by atoms with E-state index in [-0.39, 0.29) is 41.4 Å². The number of nitrogens with one attached hydrogen (secondary N) is 4. The molecule has 12 heteroatoms. The van der Waals surface area contributed by atoms with E-state index in [0.29, 0.717) is 11.1 Å². The lowest BCUT2D eigenvalue weighted by molar-refractivity contribution is 0.0952. The van der Waals surface area contributed by atoms with Crippen LogP contribution < -0.4 is 10.6 Å². The molecule has 4 N–H and O–H groups in total. The predicted molar refractivity (Wildman–Crippen MR) is 225 cm³/mol. The fourth-order valence-electron chi connectivity index (χ4n) is 8.50. The van der Waals surface area contributed by atoms with E-state index < -0.39 is 0 Å². The quantitative estimate of drug-likeness (QED) is 0.108. The first-order valence-electron chi connectivity index (χ1n) is 19.0. The topological polar surface area (TPSA) is 141 Å². The van der Waals surface area contributed by atoms with Gasteiger partial charge in [-0.25, -0.2) is 0 Å². The van der Waals surface area contributed by atoms with E-state index in [1.165, 1.54) is 10.5 Å². The fourth-order valence-corrected chi connectivity index (χ4v) is 10.6. The van der Waals surface area contributed by atoms with Gasteiger partial charge in [-0.3, -0.25) is 29.8 Å². The van der Waals surface area contributed by atoms with Crippen molar-refractivity contribution in [2.24, 2.45) is 5.92 Å². The van der Waals surface area contributed by atoms with E-state index in [1.54, 1.807) is 37.6 Å². The zero-order chi connectivity index (χ0) is 39.0. The summed E-state index contributed by atoms with van der Waals surface area (Å²) in [6.07, 6.45) is 6.73. The minimum absolute atomic E-state index is 0.00520. The summed E-state index contributed by atoms with van der Waals surface area (Å²) in [6, 6.07) is 34.0. The molecular formula is C45H40N8O2S2. The molecule has 2 amide bonds. The van der Waals surface area contributed by atoms with E-state index in [4.69, 9.17) is 20.2 Å². The van der Waals surface area contributed by atoms with Crippen LogP contribution in [0.5, 0.6) is 0 Å². The van der Waals surface area contributed by atoms with Crippen LogP contribution in [0.4, 0.5) is 0 Å². The Balaban J connectivity index is 1.10. The molecule has 1 saturated carbocycles. The van der Waals surface area contributed by atoms with Gasteiger partial charge in [-0.1, -0.05) is 66.8 Å². The number of carbonyl (C=O) groups is 2. The Morgan fingerprint density at radius 3 is 1.86 bits per heavy atom. The number of rotatable bonds is 10. The molecule has 9 rings (SSSR count). The number of allylic oxidation sites excluding steroid dienone is 1. The third kappa shape index (κ3) is 6.72. The van der Waals surface area contributed by atoms with Crippen LogP contribution in [0, 0.1) is 5.92 Å². The second-order valence-electron chi connectivity index (χ2n) is 14.4. The number of carbonyl (C=O) groups excluding carboxylic acids is 2. The van der Waals surface area contributed by atoms with Gasteiger partial charge in [0.1, 0.15) is 0 Å². The van der Waals surface area contributed by atoms with E-state index >= 15 is 0 Å². The fraction of sp³-hybridized carbons (Fsp3) is 0.200. The van der Waals surface area contributed by atoms with Gasteiger partial charge in [0.15, 0.2) is 0 Å². The molecule has 10 nitrogen and oxygen atoms in total. The minimum Gasteiger partial charge on any atom is -0.355 e. The van der Waals surface area contributed by atoms with Crippen LogP contribution in [-0.4, -0.2) is 56.3 Å². The molecule has 3 atom stereocenters. The van der Waals surface area contributed by atoms with Gasteiger partial charge in [-0.05, 0) is 90.0 Å². The number of fused-ring (bicyclic) bond motifs is 2. The number of hydrogen-bond donors (Lipinski definition) is 4. The lowest BCUT2D eigenvalue weighted by Gasteiger charge is -2.51. The molecule has 0 spiro atoms. The van der Waals surface area contributed by atoms with E-state index in [0.717, 1.165) is 60.5 Å². The van der Waals surface area contributed by atoms with Crippen LogP contribution in [0.1, 0.15) is 85.3 Å². The number of pyridine rings is 2. The number of thioether (sulfide) groups is 1. The van der Waals surface area contributed by atoms with Crippen molar-refractivity contribution >= 4 is 52.3 Å². The van der Waals surface area contributed by atoms with Gasteiger partial charge in [-0.15, -0.1) is 0 Å². The lowest BCUT2D eigenvalue weighted by atomic mass is 9.51. The van der Waals surface area contributed by atoms with E-state index in [2.05, 4.69) is 76.3 Å². The zero-order valence-electron chi connectivity index (χ0n) is 31.6. The Kier molecular flexibility index (Phi) is 9.97. The Bertz CT molecular complexity index is 2590. The number of H-pyrrole nitrogens is 2. The smallest absolute Gasteiger partial charge is 0.252 e. The van der Waals surface area contributed by atoms with Crippen molar-refractivity contribution in [3.05, 3.63) is 166 Å². The van der Waals surface area contributed by atoms with Crippen molar-refractivity contribution in [1.29, 1.82) is 0 Å². The Hall–Kier alpha value is -5.98. The Labute approximate surface area is 338 Å². The number of aromatic amines is 2. The molecule has 3 aromatic carbocycles. The molecule has 284 valence electrons. The molecule has 2 aliphatic carbocycles. The van der Waals surface area contributed by atoms with Gasteiger partial charge in [0.05, 0.1) is 22.3 Å². The maximum Gasteiger partial charge on any atom is 0.252 e. The van der Waals surface area contributed by atoms with Crippen molar-refractivity contribution in [3.63, 3.8) is 0 Å². The average Bonchev–Trinajstić information content (AvgIpc) is 3.84. The summed E-state index contributed by atoms with van der Waals surface area (Å²) >= 11 is 3.19. The first-order valence-corrected chi connectivity index (χ1v) is 20.6. The molecule has 7 aromatic rings. The summed E-state index contributed by atoms with van der Waals surface area (Å²) in [7, 11) is 3.31. The minimum atomic E-state index is -0.117. The highest BCUT2D eigenvalue weighted by Crippen LogP contribution is 2.66. The van der Waals surface area contributed by atoms with Crippen LogP contribution in [0.2, 0.25) is 0 Å². The highest BCUT2D eigenvalue weighted by atomic mass is 32.2. The van der Waals surface area contributed by atoms with Gasteiger partial charge in [0.2, 0.25) is 0 Å². The van der Waals surface area contributed by atoms with Crippen molar-refractivity contribution in [1.82, 2.24) is 41.0 Å². The van der Waals surface area contributed by atoms with Crippen LogP contribution in [0.25, 0.3) is 17.0 Å². The lowest BCUT2D eigenvalue weighted by Crippen LogP contribution is -2.42. The number of aromatic nitrogens is 6. The standard InChI is InChI=1S/C45H40N8O2S2/c1-25-22-30-34(24-37(25)57-36-17-7-5-13-29(36)45(55)47-3)51-53-43(30)41-38(31-14-8-10-20-48-31)40(39(41)32-15-9-11-21-49-32)42-27-19-18-26(23-33(27)50-52-42)56-35-16-6-4-12-28(35)44(54)46-2/h4-21,23-25,38-41H,22H2,1-3H3,(H,46,54)(H,47,55)(H,50,52)(H,51,53). The van der Waals surface area contributed by atoms with Crippen molar-refractivity contribution in [2.45, 2.75) is 51.7 Å². The number of nitrogens with zero attached hydrogens (tertiary/aromatic N) is 4. The van der Waals surface area contributed by atoms with Crippen LogP contribution >= 0.6 is 23.5 Å². The second kappa shape index (κ2) is 15.5. The van der Waals surface area contributed by atoms with Gasteiger partial charge >= 0.3 is 0 Å². The van der Waals surface area contributed by atoms with Gasteiger partial charge in [0.25, 0.3) is 11.8 Å². The molecule has 0 radical (unpaired) electrons. The zero-order valence-corrected chi connectivity index (χ0v) is 33.2. The monoisotopic (exact) mass is 788 g/mol. The number of benzene rings is 3. The molecule has 2 aliphatic rings. The highest BCUT2D eigenvalue weighted by molar-refractivity contribution is 8.03. The third-order valence-corrected chi connectivity index (χ3v) is 13.6. The first kappa shape index (κ1) is 36.6. The summed E-state index contributed by atoms with van der Waals surface area (Å²) in [5, 5.41) is 23.4. The van der Waals surface area contributed by atoms with Gasteiger partial charge < -0.3 is 10.6 Å². The van der Waals surface area contributed by atoms with E-state index in [9.17, 15) is 9.59 Å². The predicted octanol–water partition coefficient (Wildman–Crippen LogP) is 8.72. The summed E-state index contributed by atoms with van der Waals surface area (Å²) in [5.41, 5.74) is 8.47. The van der Waals surface area contributed by atoms with E-state index in [1.807, 2.05) is 73.1 Å². The second-order valence-corrected chi connectivity index (χ2v) is 16.7. The van der Waals surface area contributed by atoms with Crippen molar-refractivity contribution < 1.29 is 9.59 Å². The summed E-state index contributed by atoms with van der Waals surface area (Å²) in [6.45, 7) is 2.25. The van der Waals surface area contributed by atoms with Crippen LogP contribution in [-0.2, 0) is 6.42 Å². The number of amides is 2. The van der Waals surface area contributed by atoms with Gasteiger partial charge in [0, 0.05) is 98.6 Å². The van der Waals surface area contributed by atoms with Crippen LogP contribution in [0.15, 0.2) is 135 Å². The normalized spacial score (nSPS) is 20.0. The number of hydrogen-bond acceptors (Lipinski definition) is 8. The molecule has 4 aromatic heterocycles. The van der Waals surface area contributed by atoms with Gasteiger partial charge in [-0.2, -0.15) is 10.2 Å². The maximum atomic E-state index is 12.7. The van der Waals surface area contributed by atoms with Crippen molar-refractivity contribution in [2.75, 3.05) is 14.1 Å².